The molecule has 0 radical (unpaired) electrons. The molecule has 6 nitrogen and oxygen atoms in total. The van der Waals surface area contributed by atoms with Crippen LogP contribution in [0.5, 0.6) is 0 Å². The van der Waals surface area contributed by atoms with Gasteiger partial charge in [0, 0.05) is 43.6 Å². The average Bonchev–Trinajstić information content (AvgIpc) is 3.26. The fourth-order valence-corrected chi connectivity index (χ4v) is 5.32. The molecular formula is C19H31N5O. The van der Waals surface area contributed by atoms with E-state index in [9.17, 15) is 4.79 Å². The third-order valence-corrected chi connectivity index (χ3v) is 6.42. The topological polar surface area (TPSA) is 53.4 Å². The second kappa shape index (κ2) is 6.98. The number of nitrogens with one attached hydrogen (secondary N) is 1. The highest BCUT2D eigenvalue weighted by Crippen LogP contribution is 2.33. The lowest BCUT2D eigenvalue weighted by Gasteiger charge is -2.32. The summed E-state index contributed by atoms with van der Waals surface area (Å²) in [6, 6.07) is 2.47. The second-order valence-corrected chi connectivity index (χ2v) is 8.22. The van der Waals surface area contributed by atoms with Crippen molar-refractivity contribution in [3.63, 3.8) is 0 Å². The molecular weight excluding hydrogens is 314 g/mol. The standard InChI is InChI=1S/C19H31N5O/c1-14(2)24-15-6-7-16(24)12-22(10-8-15)19(25)21-17-4-3-5-18(17)23-11-9-20-13-23/h9,11,13-18H,3-8,10,12H2,1-2H3,(H,21,25)/t15-,16-,17+,18+/m0/s1. The van der Waals surface area contributed by atoms with E-state index in [0.717, 1.165) is 32.4 Å². The molecule has 3 fully saturated rings. The molecule has 3 heterocycles. The van der Waals surface area contributed by atoms with Crippen molar-refractivity contribution in [1.29, 1.82) is 0 Å². The highest BCUT2D eigenvalue weighted by molar-refractivity contribution is 5.74. The Morgan fingerprint density at radius 3 is 2.76 bits per heavy atom. The molecule has 1 aliphatic carbocycles. The van der Waals surface area contributed by atoms with E-state index < -0.39 is 0 Å². The number of amides is 2. The first-order valence-corrected chi connectivity index (χ1v) is 9.94. The molecule has 2 aliphatic heterocycles. The highest BCUT2D eigenvalue weighted by Gasteiger charge is 2.40. The van der Waals surface area contributed by atoms with Crippen molar-refractivity contribution in [2.75, 3.05) is 13.1 Å². The SMILES string of the molecule is CC(C)N1[C@H]2CC[C@H]1CN(C(=O)N[C@@H]1CCC[C@H]1n1ccnc1)CC2. The van der Waals surface area contributed by atoms with Crippen molar-refractivity contribution in [1.82, 2.24) is 24.7 Å². The van der Waals surface area contributed by atoms with E-state index >= 15 is 0 Å². The Hall–Kier alpha value is -1.56. The van der Waals surface area contributed by atoms with Crippen molar-refractivity contribution >= 4 is 6.03 Å². The van der Waals surface area contributed by atoms with Gasteiger partial charge in [-0.05, 0) is 52.4 Å². The third kappa shape index (κ3) is 3.28. The van der Waals surface area contributed by atoms with Crippen molar-refractivity contribution < 1.29 is 4.79 Å². The zero-order chi connectivity index (χ0) is 17.4. The van der Waals surface area contributed by atoms with Gasteiger partial charge in [0.15, 0.2) is 0 Å². The molecule has 2 amide bonds. The summed E-state index contributed by atoms with van der Waals surface area (Å²) < 4.78 is 2.16. The summed E-state index contributed by atoms with van der Waals surface area (Å²) in [5, 5.41) is 3.34. The fourth-order valence-electron chi connectivity index (χ4n) is 5.32. The van der Waals surface area contributed by atoms with Crippen LogP contribution >= 0.6 is 0 Å². The molecule has 4 rings (SSSR count). The highest BCUT2D eigenvalue weighted by atomic mass is 16.2. The summed E-state index contributed by atoms with van der Waals surface area (Å²) in [7, 11) is 0. The largest absolute Gasteiger partial charge is 0.333 e. The van der Waals surface area contributed by atoms with Gasteiger partial charge < -0.3 is 14.8 Å². The molecule has 0 aromatic carbocycles. The lowest BCUT2D eigenvalue weighted by atomic mass is 10.1. The number of imidazole rings is 1. The first kappa shape index (κ1) is 16.9. The smallest absolute Gasteiger partial charge is 0.317 e. The Labute approximate surface area is 150 Å². The Morgan fingerprint density at radius 1 is 1.16 bits per heavy atom. The van der Waals surface area contributed by atoms with E-state index in [1.807, 2.05) is 18.7 Å². The Kier molecular flexibility index (Phi) is 4.71. The van der Waals surface area contributed by atoms with Crippen LogP contribution in [0, 0.1) is 0 Å². The predicted octanol–water partition coefficient (Wildman–Crippen LogP) is 2.63. The van der Waals surface area contributed by atoms with Crippen LogP contribution in [-0.4, -0.2) is 62.6 Å². The predicted molar refractivity (Wildman–Crippen MR) is 97.4 cm³/mol. The van der Waals surface area contributed by atoms with E-state index in [1.54, 1.807) is 0 Å². The molecule has 0 unspecified atom stereocenters. The minimum Gasteiger partial charge on any atom is -0.333 e. The normalized spacial score (nSPS) is 33.0. The van der Waals surface area contributed by atoms with E-state index in [0.29, 0.717) is 24.2 Å². The Bertz CT molecular complexity index is 587. The number of rotatable bonds is 3. The van der Waals surface area contributed by atoms with Gasteiger partial charge in [0.2, 0.25) is 0 Å². The zero-order valence-corrected chi connectivity index (χ0v) is 15.5. The summed E-state index contributed by atoms with van der Waals surface area (Å²) in [4.78, 5) is 21.8. The van der Waals surface area contributed by atoms with Gasteiger partial charge in [-0.1, -0.05) is 0 Å². The minimum absolute atomic E-state index is 0.133. The van der Waals surface area contributed by atoms with Gasteiger partial charge in [-0.2, -0.15) is 0 Å². The van der Waals surface area contributed by atoms with Gasteiger partial charge in [0.05, 0.1) is 18.4 Å². The maximum absolute atomic E-state index is 12.9. The molecule has 4 atom stereocenters. The Morgan fingerprint density at radius 2 is 2.00 bits per heavy atom. The maximum Gasteiger partial charge on any atom is 0.317 e. The fraction of sp³-hybridized carbons (Fsp3) is 0.789. The average molecular weight is 345 g/mol. The van der Waals surface area contributed by atoms with Crippen LogP contribution in [0.4, 0.5) is 4.79 Å². The molecule has 0 spiro atoms. The summed E-state index contributed by atoms with van der Waals surface area (Å²) >= 11 is 0. The van der Waals surface area contributed by atoms with Gasteiger partial charge in [0.25, 0.3) is 0 Å². The summed E-state index contributed by atoms with van der Waals surface area (Å²) in [6.45, 7) is 6.34. The van der Waals surface area contributed by atoms with E-state index in [2.05, 4.69) is 38.5 Å². The molecule has 6 heteroatoms. The number of hydrogen-bond acceptors (Lipinski definition) is 3. The number of fused-ring (bicyclic) bond motifs is 2. The van der Waals surface area contributed by atoms with Crippen molar-refractivity contribution in [3.8, 4) is 0 Å². The number of urea groups is 1. The quantitative estimate of drug-likeness (QED) is 0.916. The lowest BCUT2D eigenvalue weighted by Crippen LogP contribution is -2.49. The van der Waals surface area contributed by atoms with Gasteiger partial charge in [-0.15, -0.1) is 0 Å². The summed E-state index contributed by atoms with van der Waals surface area (Å²) in [5.41, 5.74) is 0. The molecule has 1 aromatic rings. The molecule has 1 aromatic heterocycles. The number of carbonyl (C=O) groups excluding carboxylic acids is 1. The monoisotopic (exact) mass is 345 g/mol. The van der Waals surface area contributed by atoms with Crippen molar-refractivity contribution in [2.45, 2.75) is 82.6 Å². The first-order valence-electron chi connectivity index (χ1n) is 9.94. The van der Waals surface area contributed by atoms with Crippen LogP contribution in [0.3, 0.4) is 0 Å². The zero-order valence-electron chi connectivity index (χ0n) is 15.5. The van der Waals surface area contributed by atoms with Crippen LogP contribution in [-0.2, 0) is 0 Å². The van der Waals surface area contributed by atoms with Crippen molar-refractivity contribution in [3.05, 3.63) is 18.7 Å². The molecule has 2 saturated heterocycles. The van der Waals surface area contributed by atoms with E-state index in [1.165, 1.54) is 19.3 Å². The second-order valence-electron chi connectivity index (χ2n) is 8.22. The maximum atomic E-state index is 12.9. The van der Waals surface area contributed by atoms with Crippen LogP contribution < -0.4 is 5.32 Å². The van der Waals surface area contributed by atoms with Crippen LogP contribution in [0.2, 0.25) is 0 Å². The molecule has 3 aliphatic rings. The molecule has 1 saturated carbocycles. The van der Waals surface area contributed by atoms with E-state index in [-0.39, 0.29) is 12.1 Å². The number of likely N-dealkylation sites (tertiary alicyclic amines) is 1. The van der Waals surface area contributed by atoms with E-state index in [4.69, 9.17) is 0 Å². The van der Waals surface area contributed by atoms with Crippen LogP contribution in [0.15, 0.2) is 18.7 Å². The van der Waals surface area contributed by atoms with Gasteiger partial charge in [-0.3, -0.25) is 4.90 Å². The molecule has 1 N–H and O–H groups in total. The van der Waals surface area contributed by atoms with Gasteiger partial charge >= 0.3 is 6.03 Å². The number of hydrogen-bond donors (Lipinski definition) is 1. The van der Waals surface area contributed by atoms with Gasteiger partial charge in [-0.25, -0.2) is 9.78 Å². The molecule has 138 valence electrons. The first-order chi connectivity index (χ1) is 12.1. The number of aromatic nitrogens is 2. The number of carbonyl (C=O) groups is 1. The Balaban J connectivity index is 1.40. The number of nitrogens with zero attached hydrogens (tertiary/aromatic N) is 4. The van der Waals surface area contributed by atoms with Crippen LogP contribution in [0.25, 0.3) is 0 Å². The third-order valence-electron chi connectivity index (χ3n) is 6.42. The minimum atomic E-state index is 0.133. The summed E-state index contributed by atoms with van der Waals surface area (Å²) in [5.74, 6) is 0. The van der Waals surface area contributed by atoms with Crippen molar-refractivity contribution in [2.24, 2.45) is 0 Å². The summed E-state index contributed by atoms with van der Waals surface area (Å²) in [6.07, 6.45) is 12.7. The van der Waals surface area contributed by atoms with Crippen LogP contribution in [0.1, 0.15) is 58.4 Å². The lowest BCUT2D eigenvalue weighted by molar-refractivity contribution is 0.146. The van der Waals surface area contributed by atoms with Gasteiger partial charge in [0.1, 0.15) is 0 Å². The molecule has 25 heavy (non-hydrogen) atoms. The molecule has 2 bridgehead atoms.